The molecule has 1 aromatic carbocycles. The fraction of sp³-hybridized carbons (Fsp3) is 0.647. The second-order valence-electron chi connectivity index (χ2n) is 5.52. The van der Waals surface area contributed by atoms with E-state index >= 15 is 0 Å². The van der Waals surface area contributed by atoms with Crippen molar-refractivity contribution in [1.29, 1.82) is 0 Å². The number of phenolic OH excluding ortho intramolecular Hbond substituents is 1. The maximum Gasteiger partial charge on any atom is 0.164 e. The highest BCUT2D eigenvalue weighted by Crippen LogP contribution is 2.37. The summed E-state index contributed by atoms with van der Waals surface area (Å²) in [6.45, 7) is 2.98. The highest BCUT2D eigenvalue weighted by molar-refractivity contribution is 5.52. The number of aromatic hydroxyl groups is 1. The molecule has 0 aromatic heterocycles. The zero-order chi connectivity index (χ0) is 13.5. The van der Waals surface area contributed by atoms with E-state index in [4.69, 9.17) is 4.74 Å². The van der Waals surface area contributed by atoms with E-state index in [1.807, 2.05) is 0 Å². The van der Waals surface area contributed by atoms with Crippen molar-refractivity contribution in [3.63, 3.8) is 0 Å². The highest BCUT2D eigenvalue weighted by atomic mass is 16.5. The fourth-order valence-electron chi connectivity index (χ4n) is 2.85. The summed E-state index contributed by atoms with van der Waals surface area (Å²) < 4.78 is 5.49. The molecular formula is C17H26O2. The molecule has 1 aromatic rings. The minimum Gasteiger partial charge on any atom is -0.504 e. The van der Waals surface area contributed by atoms with Crippen LogP contribution in [0.15, 0.2) is 12.1 Å². The molecule has 2 nitrogen and oxygen atoms in total. The lowest BCUT2D eigenvalue weighted by atomic mass is 9.98. The Kier molecular flexibility index (Phi) is 5.56. The standard InChI is InChI=1S/C17H26O2/c1-2-3-4-5-6-7-8-9-14-10-11-16(18)17-15(14)12-13-19-17/h10-11,18H,2-9,12-13H2,1H3. The molecule has 0 saturated carbocycles. The number of fused-ring (bicyclic) bond motifs is 1. The topological polar surface area (TPSA) is 29.5 Å². The second kappa shape index (κ2) is 7.42. The maximum atomic E-state index is 9.72. The zero-order valence-corrected chi connectivity index (χ0v) is 12.1. The number of aryl methyl sites for hydroxylation is 1. The van der Waals surface area contributed by atoms with Gasteiger partial charge in [-0.1, -0.05) is 51.5 Å². The largest absolute Gasteiger partial charge is 0.504 e. The highest BCUT2D eigenvalue weighted by Gasteiger charge is 2.19. The van der Waals surface area contributed by atoms with E-state index in [0.29, 0.717) is 5.75 Å². The average Bonchev–Trinajstić information content (AvgIpc) is 2.90. The lowest BCUT2D eigenvalue weighted by Crippen LogP contribution is -1.92. The molecule has 1 aliphatic heterocycles. The first-order valence-electron chi connectivity index (χ1n) is 7.79. The van der Waals surface area contributed by atoms with Gasteiger partial charge in [0.25, 0.3) is 0 Å². The third-order valence-corrected chi connectivity index (χ3v) is 3.98. The van der Waals surface area contributed by atoms with Gasteiger partial charge < -0.3 is 9.84 Å². The molecule has 0 unspecified atom stereocenters. The van der Waals surface area contributed by atoms with Crippen LogP contribution < -0.4 is 4.74 Å². The lowest BCUT2D eigenvalue weighted by Gasteiger charge is -2.08. The molecular weight excluding hydrogens is 236 g/mol. The molecule has 2 heteroatoms. The molecule has 1 heterocycles. The molecule has 0 atom stereocenters. The number of rotatable bonds is 8. The van der Waals surface area contributed by atoms with Crippen molar-refractivity contribution in [2.24, 2.45) is 0 Å². The molecule has 1 aliphatic rings. The molecule has 0 fully saturated rings. The van der Waals surface area contributed by atoms with Gasteiger partial charge in [0.05, 0.1) is 6.61 Å². The molecule has 19 heavy (non-hydrogen) atoms. The Labute approximate surface area is 116 Å². The number of phenols is 1. The zero-order valence-electron chi connectivity index (χ0n) is 12.1. The summed E-state index contributed by atoms with van der Waals surface area (Å²) in [5.74, 6) is 1.04. The van der Waals surface area contributed by atoms with Gasteiger partial charge in [-0.15, -0.1) is 0 Å². The van der Waals surface area contributed by atoms with E-state index in [2.05, 4.69) is 13.0 Å². The van der Waals surface area contributed by atoms with Crippen molar-refractivity contribution in [3.05, 3.63) is 23.3 Å². The molecule has 0 spiro atoms. The van der Waals surface area contributed by atoms with Crippen LogP contribution in [0.1, 0.15) is 63.0 Å². The Balaban J connectivity index is 1.73. The number of hydrogen-bond donors (Lipinski definition) is 1. The third-order valence-electron chi connectivity index (χ3n) is 3.98. The van der Waals surface area contributed by atoms with Crippen molar-refractivity contribution >= 4 is 0 Å². The van der Waals surface area contributed by atoms with E-state index in [1.165, 1.54) is 56.1 Å². The summed E-state index contributed by atoms with van der Waals surface area (Å²) in [5, 5.41) is 9.72. The van der Waals surface area contributed by atoms with Crippen LogP contribution in [0.2, 0.25) is 0 Å². The first-order chi connectivity index (χ1) is 9.33. The van der Waals surface area contributed by atoms with Crippen LogP contribution in [0.3, 0.4) is 0 Å². The number of hydrogen-bond acceptors (Lipinski definition) is 2. The Bertz CT molecular complexity index is 398. The SMILES string of the molecule is CCCCCCCCCc1ccc(O)c2c1CCO2. The van der Waals surface area contributed by atoms with Crippen molar-refractivity contribution in [2.75, 3.05) is 6.61 Å². The summed E-state index contributed by atoms with van der Waals surface area (Å²) in [6, 6.07) is 3.85. The normalized spacial score (nSPS) is 13.3. The molecule has 0 bridgehead atoms. The summed E-state index contributed by atoms with van der Waals surface area (Å²) in [5.41, 5.74) is 2.62. The van der Waals surface area contributed by atoms with Gasteiger partial charge in [0.1, 0.15) is 0 Å². The number of unbranched alkanes of at least 4 members (excludes halogenated alkanes) is 6. The molecule has 0 amide bonds. The molecule has 106 valence electrons. The Morgan fingerprint density at radius 3 is 2.58 bits per heavy atom. The molecule has 0 aliphatic carbocycles. The first-order valence-corrected chi connectivity index (χ1v) is 7.79. The fourth-order valence-corrected chi connectivity index (χ4v) is 2.85. The van der Waals surface area contributed by atoms with Crippen LogP contribution in [0.5, 0.6) is 11.5 Å². The number of benzene rings is 1. The van der Waals surface area contributed by atoms with Crippen LogP contribution in [0.25, 0.3) is 0 Å². The minimum absolute atomic E-state index is 0.302. The van der Waals surface area contributed by atoms with E-state index in [9.17, 15) is 5.11 Å². The van der Waals surface area contributed by atoms with Crippen molar-refractivity contribution in [2.45, 2.75) is 64.7 Å². The van der Waals surface area contributed by atoms with Gasteiger partial charge in [-0.05, 0) is 24.5 Å². The maximum absolute atomic E-state index is 9.72. The van der Waals surface area contributed by atoms with Crippen molar-refractivity contribution < 1.29 is 9.84 Å². The van der Waals surface area contributed by atoms with Crippen LogP contribution in [0.4, 0.5) is 0 Å². The summed E-state index contributed by atoms with van der Waals surface area (Å²) >= 11 is 0. The first kappa shape index (κ1) is 14.2. The smallest absolute Gasteiger partial charge is 0.164 e. The van der Waals surface area contributed by atoms with E-state index in [-0.39, 0.29) is 0 Å². The molecule has 2 rings (SSSR count). The summed E-state index contributed by atoms with van der Waals surface area (Å²) in [4.78, 5) is 0. The van der Waals surface area contributed by atoms with E-state index in [0.717, 1.165) is 25.2 Å². The molecule has 1 N–H and O–H groups in total. The predicted molar refractivity (Wildman–Crippen MR) is 79.0 cm³/mol. The van der Waals surface area contributed by atoms with Crippen LogP contribution in [-0.2, 0) is 12.8 Å². The van der Waals surface area contributed by atoms with Gasteiger partial charge >= 0.3 is 0 Å². The van der Waals surface area contributed by atoms with Crippen LogP contribution in [0, 0.1) is 0 Å². The lowest BCUT2D eigenvalue weighted by molar-refractivity contribution is 0.334. The second-order valence-corrected chi connectivity index (χ2v) is 5.52. The number of ether oxygens (including phenoxy) is 1. The van der Waals surface area contributed by atoms with Crippen LogP contribution >= 0.6 is 0 Å². The van der Waals surface area contributed by atoms with E-state index < -0.39 is 0 Å². The Hall–Kier alpha value is -1.18. The minimum atomic E-state index is 0.302. The van der Waals surface area contributed by atoms with Gasteiger partial charge in [0.2, 0.25) is 0 Å². The Morgan fingerprint density at radius 1 is 1.05 bits per heavy atom. The Morgan fingerprint density at radius 2 is 1.79 bits per heavy atom. The van der Waals surface area contributed by atoms with Crippen molar-refractivity contribution in [1.82, 2.24) is 0 Å². The van der Waals surface area contributed by atoms with Gasteiger partial charge in [-0.3, -0.25) is 0 Å². The monoisotopic (exact) mass is 262 g/mol. The third kappa shape index (κ3) is 3.89. The average molecular weight is 262 g/mol. The summed E-state index contributed by atoms with van der Waals surface area (Å²) in [6.07, 6.45) is 11.5. The molecule has 0 saturated heterocycles. The van der Waals surface area contributed by atoms with Gasteiger partial charge in [0.15, 0.2) is 11.5 Å². The van der Waals surface area contributed by atoms with Crippen LogP contribution in [-0.4, -0.2) is 11.7 Å². The van der Waals surface area contributed by atoms with Gasteiger partial charge in [0, 0.05) is 12.0 Å². The van der Waals surface area contributed by atoms with Gasteiger partial charge in [-0.25, -0.2) is 0 Å². The predicted octanol–water partition coefficient (Wildman–Crippen LogP) is 4.62. The van der Waals surface area contributed by atoms with Gasteiger partial charge in [-0.2, -0.15) is 0 Å². The molecule has 0 radical (unpaired) electrons. The van der Waals surface area contributed by atoms with E-state index in [1.54, 1.807) is 6.07 Å². The summed E-state index contributed by atoms with van der Waals surface area (Å²) in [7, 11) is 0. The van der Waals surface area contributed by atoms with Crippen molar-refractivity contribution in [3.8, 4) is 11.5 Å². The quantitative estimate of drug-likeness (QED) is 0.693.